The summed E-state index contributed by atoms with van der Waals surface area (Å²) in [5.74, 6) is -1.64. The fourth-order valence-corrected chi connectivity index (χ4v) is 1.36. The third-order valence-corrected chi connectivity index (χ3v) is 2.51. The summed E-state index contributed by atoms with van der Waals surface area (Å²) in [6, 6.07) is 5.14. The van der Waals surface area contributed by atoms with Crippen molar-refractivity contribution in [3.8, 4) is 0 Å². The Kier molecular flexibility index (Phi) is 4.50. The van der Waals surface area contributed by atoms with E-state index >= 15 is 0 Å². The Bertz CT molecular complexity index is 498. The maximum Gasteiger partial charge on any atom is 0.313 e. The lowest BCUT2D eigenvalue weighted by atomic mass is 10.1. The van der Waals surface area contributed by atoms with E-state index in [0.29, 0.717) is 11.4 Å². The van der Waals surface area contributed by atoms with Gasteiger partial charge in [-0.1, -0.05) is 6.07 Å². The molecule has 2 amide bonds. The number of aliphatic hydroxyl groups is 1. The highest BCUT2D eigenvalue weighted by Crippen LogP contribution is 2.19. The molecule has 1 aromatic rings. The van der Waals surface area contributed by atoms with Crippen molar-refractivity contribution in [1.29, 1.82) is 0 Å². The molecule has 0 saturated heterocycles. The van der Waals surface area contributed by atoms with E-state index in [4.69, 9.17) is 10.8 Å². The summed E-state index contributed by atoms with van der Waals surface area (Å²) in [4.78, 5) is 23.4. The minimum Gasteiger partial charge on any atom is -0.397 e. The van der Waals surface area contributed by atoms with E-state index in [1.807, 2.05) is 6.92 Å². The number of carbonyl (C=O) groups is 2. The van der Waals surface area contributed by atoms with E-state index in [1.54, 1.807) is 32.0 Å². The highest BCUT2D eigenvalue weighted by atomic mass is 16.3. The van der Waals surface area contributed by atoms with Gasteiger partial charge in [0.1, 0.15) is 0 Å². The largest absolute Gasteiger partial charge is 0.397 e. The molecule has 0 bridgehead atoms. The number of carbonyl (C=O) groups excluding carboxylic acids is 2. The molecule has 104 valence electrons. The predicted molar refractivity (Wildman–Crippen MR) is 73.5 cm³/mol. The van der Waals surface area contributed by atoms with Gasteiger partial charge in [0.2, 0.25) is 0 Å². The van der Waals surface area contributed by atoms with Gasteiger partial charge < -0.3 is 21.5 Å². The van der Waals surface area contributed by atoms with E-state index in [0.717, 1.165) is 5.56 Å². The summed E-state index contributed by atoms with van der Waals surface area (Å²) in [5, 5.41) is 13.9. The van der Waals surface area contributed by atoms with E-state index in [1.165, 1.54) is 0 Å². The van der Waals surface area contributed by atoms with Gasteiger partial charge in [-0.05, 0) is 38.5 Å². The Morgan fingerprint density at radius 3 is 2.53 bits per heavy atom. The molecule has 6 heteroatoms. The Hall–Kier alpha value is -2.08. The van der Waals surface area contributed by atoms with Crippen LogP contribution >= 0.6 is 0 Å². The van der Waals surface area contributed by atoms with Crippen molar-refractivity contribution < 1.29 is 14.7 Å². The van der Waals surface area contributed by atoms with Crippen molar-refractivity contribution in [3.63, 3.8) is 0 Å². The molecule has 0 atom stereocenters. The van der Waals surface area contributed by atoms with Gasteiger partial charge in [0.05, 0.1) is 23.5 Å². The third-order valence-electron chi connectivity index (χ3n) is 2.51. The minimum absolute atomic E-state index is 0.265. The maximum atomic E-state index is 11.7. The first-order valence-electron chi connectivity index (χ1n) is 5.85. The summed E-state index contributed by atoms with van der Waals surface area (Å²) in [5.41, 5.74) is 6.54. The molecule has 5 N–H and O–H groups in total. The number of hydrogen-bond donors (Lipinski definition) is 4. The molecule has 0 aliphatic rings. The molecule has 0 aliphatic heterocycles. The molecule has 0 fully saturated rings. The molecule has 1 aromatic carbocycles. The average Bonchev–Trinajstić information content (AvgIpc) is 2.33. The number of benzene rings is 1. The summed E-state index contributed by atoms with van der Waals surface area (Å²) in [6.45, 7) is 4.81. The fraction of sp³-hybridized carbons (Fsp3) is 0.385. The number of aryl methyl sites for hydroxylation is 1. The normalized spacial score (nSPS) is 10.9. The molecule has 0 aliphatic carbocycles. The topological polar surface area (TPSA) is 104 Å². The number of anilines is 2. The summed E-state index contributed by atoms with van der Waals surface area (Å²) in [7, 11) is 0. The second-order valence-electron chi connectivity index (χ2n) is 5.04. The van der Waals surface area contributed by atoms with E-state index in [-0.39, 0.29) is 6.61 Å². The zero-order valence-corrected chi connectivity index (χ0v) is 11.3. The molecular formula is C13H19N3O3. The van der Waals surface area contributed by atoms with Gasteiger partial charge in [0, 0.05) is 0 Å². The first kappa shape index (κ1) is 15.0. The van der Waals surface area contributed by atoms with E-state index < -0.39 is 17.4 Å². The lowest BCUT2D eigenvalue weighted by Gasteiger charge is -2.23. The lowest BCUT2D eigenvalue weighted by molar-refractivity contribution is -0.137. The molecule has 1 rings (SSSR count). The minimum atomic E-state index is -0.855. The van der Waals surface area contributed by atoms with Crippen LogP contribution in [0.5, 0.6) is 0 Å². The van der Waals surface area contributed by atoms with Crippen molar-refractivity contribution in [3.05, 3.63) is 23.8 Å². The number of nitrogens with one attached hydrogen (secondary N) is 2. The van der Waals surface area contributed by atoms with E-state index in [9.17, 15) is 9.59 Å². The monoisotopic (exact) mass is 265 g/mol. The van der Waals surface area contributed by atoms with Gasteiger partial charge in [-0.25, -0.2) is 0 Å². The number of hydrogen-bond acceptors (Lipinski definition) is 4. The highest BCUT2D eigenvalue weighted by Gasteiger charge is 2.23. The van der Waals surface area contributed by atoms with Crippen molar-refractivity contribution in [2.24, 2.45) is 0 Å². The van der Waals surface area contributed by atoms with Gasteiger partial charge >= 0.3 is 11.8 Å². The van der Waals surface area contributed by atoms with E-state index in [2.05, 4.69) is 10.6 Å². The zero-order chi connectivity index (χ0) is 14.6. The van der Waals surface area contributed by atoms with Gasteiger partial charge in [0.25, 0.3) is 0 Å². The fourth-order valence-electron chi connectivity index (χ4n) is 1.36. The maximum absolute atomic E-state index is 11.7. The molecule has 0 spiro atoms. The standard InChI is InChI=1S/C13H19N3O3/c1-8-4-5-9(14)10(6-8)15-11(18)12(19)16-13(2,3)7-17/h4-6,17H,7,14H2,1-3H3,(H,15,18)(H,16,19). The van der Waals surface area contributed by atoms with Crippen LogP contribution in [-0.2, 0) is 9.59 Å². The molecule has 6 nitrogen and oxygen atoms in total. The number of rotatable bonds is 3. The van der Waals surface area contributed by atoms with Crippen LogP contribution in [0.15, 0.2) is 18.2 Å². The van der Waals surface area contributed by atoms with Crippen molar-refractivity contribution in [1.82, 2.24) is 5.32 Å². The Morgan fingerprint density at radius 2 is 1.95 bits per heavy atom. The average molecular weight is 265 g/mol. The van der Waals surface area contributed by atoms with Crippen LogP contribution in [0.4, 0.5) is 11.4 Å². The van der Waals surface area contributed by atoms with Crippen LogP contribution in [0.25, 0.3) is 0 Å². The molecular weight excluding hydrogens is 246 g/mol. The quantitative estimate of drug-likeness (QED) is 0.469. The van der Waals surface area contributed by atoms with Crippen LogP contribution in [0.3, 0.4) is 0 Å². The predicted octanol–water partition coefficient (Wildman–Crippen LogP) is 0.403. The summed E-state index contributed by atoms with van der Waals surface area (Å²) < 4.78 is 0. The second kappa shape index (κ2) is 5.71. The van der Waals surface area contributed by atoms with Gasteiger partial charge in [0.15, 0.2) is 0 Å². The second-order valence-corrected chi connectivity index (χ2v) is 5.04. The molecule has 0 aromatic heterocycles. The highest BCUT2D eigenvalue weighted by molar-refractivity contribution is 6.40. The Morgan fingerprint density at radius 1 is 1.32 bits per heavy atom. The van der Waals surface area contributed by atoms with Gasteiger partial charge in [-0.15, -0.1) is 0 Å². The van der Waals surface area contributed by atoms with Gasteiger partial charge in [-0.3, -0.25) is 9.59 Å². The van der Waals surface area contributed by atoms with Crippen LogP contribution in [0, 0.1) is 6.92 Å². The Labute approximate surface area is 112 Å². The van der Waals surface area contributed by atoms with Crippen molar-refractivity contribution in [2.45, 2.75) is 26.3 Å². The lowest BCUT2D eigenvalue weighted by Crippen LogP contribution is -2.50. The molecule has 0 unspecified atom stereocenters. The molecule has 0 saturated carbocycles. The number of amides is 2. The van der Waals surface area contributed by atoms with Gasteiger partial charge in [-0.2, -0.15) is 0 Å². The Balaban J connectivity index is 2.74. The zero-order valence-electron chi connectivity index (χ0n) is 11.3. The number of aliphatic hydroxyl groups excluding tert-OH is 1. The van der Waals surface area contributed by atoms with Crippen LogP contribution < -0.4 is 16.4 Å². The van der Waals surface area contributed by atoms with Crippen LogP contribution in [-0.4, -0.2) is 29.1 Å². The molecule has 0 radical (unpaired) electrons. The SMILES string of the molecule is Cc1ccc(N)c(NC(=O)C(=O)NC(C)(C)CO)c1. The number of nitrogen functional groups attached to an aromatic ring is 1. The van der Waals surface area contributed by atoms with Crippen LogP contribution in [0.1, 0.15) is 19.4 Å². The first-order valence-corrected chi connectivity index (χ1v) is 5.85. The van der Waals surface area contributed by atoms with Crippen molar-refractivity contribution >= 4 is 23.2 Å². The summed E-state index contributed by atoms with van der Waals surface area (Å²) in [6.07, 6.45) is 0. The summed E-state index contributed by atoms with van der Waals surface area (Å²) >= 11 is 0. The number of nitrogens with two attached hydrogens (primary N) is 1. The third kappa shape index (κ3) is 4.26. The first-order chi connectivity index (χ1) is 8.75. The molecule has 0 heterocycles. The molecule has 19 heavy (non-hydrogen) atoms. The van der Waals surface area contributed by atoms with Crippen molar-refractivity contribution in [2.75, 3.05) is 17.7 Å². The van der Waals surface area contributed by atoms with Crippen LogP contribution in [0.2, 0.25) is 0 Å². The smallest absolute Gasteiger partial charge is 0.313 e.